The molecular weight excluding hydrogens is 164 g/mol. The number of hydrogen-bond acceptors (Lipinski definition) is 2. The Morgan fingerprint density at radius 3 is 2.69 bits per heavy atom. The number of hydrogen-bond donors (Lipinski definition) is 1. The van der Waals surface area contributed by atoms with Gasteiger partial charge in [0.25, 0.3) is 0 Å². The van der Waals surface area contributed by atoms with Gasteiger partial charge in [-0.25, -0.2) is 0 Å². The van der Waals surface area contributed by atoms with Gasteiger partial charge in [0.05, 0.1) is 6.54 Å². The first-order valence-corrected chi connectivity index (χ1v) is 5.35. The minimum absolute atomic E-state index is 0.281. The molecule has 0 radical (unpaired) electrons. The van der Waals surface area contributed by atoms with Crippen molar-refractivity contribution in [2.75, 3.05) is 26.2 Å². The summed E-state index contributed by atoms with van der Waals surface area (Å²) in [7, 11) is 0. The summed E-state index contributed by atoms with van der Waals surface area (Å²) in [6, 6.07) is 0. The first kappa shape index (κ1) is 10.5. The highest BCUT2D eigenvalue weighted by Gasteiger charge is 2.27. The van der Waals surface area contributed by atoms with Crippen molar-refractivity contribution in [1.82, 2.24) is 10.2 Å². The molecule has 0 aromatic heterocycles. The van der Waals surface area contributed by atoms with Crippen LogP contribution in [0.25, 0.3) is 0 Å². The van der Waals surface area contributed by atoms with E-state index in [1.807, 2.05) is 18.7 Å². The van der Waals surface area contributed by atoms with Gasteiger partial charge in [0, 0.05) is 19.6 Å². The van der Waals surface area contributed by atoms with E-state index in [9.17, 15) is 4.79 Å². The van der Waals surface area contributed by atoms with Crippen molar-refractivity contribution in [3.05, 3.63) is 0 Å². The fraction of sp³-hybridized carbons (Fsp3) is 0.900. The van der Waals surface area contributed by atoms with E-state index in [0.29, 0.717) is 6.54 Å². The van der Waals surface area contributed by atoms with Gasteiger partial charge >= 0.3 is 0 Å². The predicted molar refractivity (Wildman–Crippen MR) is 53.5 cm³/mol. The zero-order chi connectivity index (χ0) is 9.68. The second kappa shape index (κ2) is 5.22. The van der Waals surface area contributed by atoms with Crippen LogP contribution >= 0.6 is 0 Å². The molecule has 0 aromatic carbocycles. The Morgan fingerprint density at radius 2 is 2.15 bits per heavy atom. The third-order valence-electron chi connectivity index (χ3n) is 2.36. The van der Waals surface area contributed by atoms with Crippen molar-refractivity contribution in [2.24, 2.45) is 5.92 Å². The summed E-state index contributed by atoms with van der Waals surface area (Å²) in [6.07, 6.45) is 2.66. The van der Waals surface area contributed by atoms with Crippen molar-refractivity contribution in [3.8, 4) is 0 Å². The second-order valence-electron chi connectivity index (χ2n) is 3.46. The molecule has 0 unspecified atom stereocenters. The molecule has 1 aliphatic heterocycles. The number of carbonyl (C=O) groups excluding carboxylic acids is 1. The SMILES string of the molecule is CC.O=C1CNCCN1CC1CC1. The number of amides is 1. The Labute approximate surface area is 80.5 Å². The van der Waals surface area contributed by atoms with Crippen LogP contribution in [0.4, 0.5) is 0 Å². The summed E-state index contributed by atoms with van der Waals surface area (Å²) in [5, 5.41) is 3.07. The van der Waals surface area contributed by atoms with Crippen molar-refractivity contribution in [2.45, 2.75) is 26.7 Å². The van der Waals surface area contributed by atoms with Crippen LogP contribution in [0.15, 0.2) is 0 Å². The Hall–Kier alpha value is -0.570. The molecule has 0 aromatic rings. The molecule has 0 spiro atoms. The topological polar surface area (TPSA) is 32.3 Å². The summed E-state index contributed by atoms with van der Waals surface area (Å²) in [4.78, 5) is 13.2. The van der Waals surface area contributed by atoms with Crippen molar-refractivity contribution >= 4 is 5.91 Å². The van der Waals surface area contributed by atoms with Crippen LogP contribution in [0.5, 0.6) is 0 Å². The highest BCUT2D eigenvalue weighted by atomic mass is 16.2. The molecule has 76 valence electrons. The van der Waals surface area contributed by atoms with Gasteiger partial charge in [-0.05, 0) is 18.8 Å². The summed E-state index contributed by atoms with van der Waals surface area (Å²) in [5.74, 6) is 1.11. The van der Waals surface area contributed by atoms with Gasteiger partial charge < -0.3 is 10.2 Å². The minimum Gasteiger partial charge on any atom is -0.340 e. The highest BCUT2D eigenvalue weighted by molar-refractivity contribution is 5.79. The zero-order valence-electron chi connectivity index (χ0n) is 8.68. The molecule has 2 fully saturated rings. The van der Waals surface area contributed by atoms with E-state index in [-0.39, 0.29) is 5.91 Å². The maximum Gasteiger partial charge on any atom is 0.236 e. The fourth-order valence-corrected chi connectivity index (χ4v) is 1.45. The molecule has 0 bridgehead atoms. The zero-order valence-corrected chi connectivity index (χ0v) is 8.68. The van der Waals surface area contributed by atoms with Gasteiger partial charge in [-0.2, -0.15) is 0 Å². The predicted octanol–water partition coefficient (Wildman–Crippen LogP) is 0.854. The van der Waals surface area contributed by atoms with Gasteiger partial charge in [0.2, 0.25) is 5.91 Å². The molecule has 1 N–H and O–H groups in total. The number of carbonyl (C=O) groups is 1. The molecule has 1 aliphatic carbocycles. The quantitative estimate of drug-likeness (QED) is 0.690. The summed E-state index contributed by atoms with van der Waals surface area (Å²) in [6.45, 7) is 7.45. The van der Waals surface area contributed by atoms with Gasteiger partial charge in [0.1, 0.15) is 0 Å². The van der Waals surface area contributed by atoms with E-state index in [1.165, 1.54) is 12.8 Å². The molecule has 0 atom stereocenters. The third kappa shape index (κ3) is 3.35. The molecule has 1 amide bonds. The van der Waals surface area contributed by atoms with Crippen LogP contribution in [-0.4, -0.2) is 37.0 Å². The van der Waals surface area contributed by atoms with Gasteiger partial charge in [-0.1, -0.05) is 13.8 Å². The van der Waals surface area contributed by atoms with E-state index >= 15 is 0 Å². The molecular formula is C10H20N2O. The Kier molecular flexibility index (Phi) is 4.22. The van der Waals surface area contributed by atoms with E-state index in [4.69, 9.17) is 0 Å². The smallest absolute Gasteiger partial charge is 0.236 e. The molecule has 1 saturated carbocycles. The lowest BCUT2D eigenvalue weighted by atomic mass is 10.3. The van der Waals surface area contributed by atoms with Crippen LogP contribution in [0.1, 0.15) is 26.7 Å². The number of nitrogens with one attached hydrogen (secondary N) is 1. The van der Waals surface area contributed by atoms with Crippen LogP contribution in [0, 0.1) is 5.92 Å². The van der Waals surface area contributed by atoms with Crippen molar-refractivity contribution in [1.29, 1.82) is 0 Å². The van der Waals surface area contributed by atoms with Gasteiger partial charge in [0.15, 0.2) is 0 Å². The maximum absolute atomic E-state index is 11.2. The van der Waals surface area contributed by atoms with Crippen molar-refractivity contribution < 1.29 is 4.79 Å². The Morgan fingerprint density at radius 1 is 1.46 bits per heavy atom. The van der Waals surface area contributed by atoms with Gasteiger partial charge in [-0.15, -0.1) is 0 Å². The number of rotatable bonds is 2. The largest absolute Gasteiger partial charge is 0.340 e. The van der Waals surface area contributed by atoms with E-state index in [0.717, 1.165) is 25.6 Å². The third-order valence-corrected chi connectivity index (χ3v) is 2.36. The van der Waals surface area contributed by atoms with Crippen LogP contribution in [0.2, 0.25) is 0 Å². The maximum atomic E-state index is 11.2. The molecule has 1 heterocycles. The monoisotopic (exact) mass is 184 g/mol. The molecule has 13 heavy (non-hydrogen) atoms. The summed E-state index contributed by atoms with van der Waals surface area (Å²) >= 11 is 0. The summed E-state index contributed by atoms with van der Waals surface area (Å²) < 4.78 is 0. The molecule has 2 rings (SSSR count). The normalized spacial score (nSPS) is 22.3. The lowest BCUT2D eigenvalue weighted by Crippen LogP contribution is -2.48. The van der Waals surface area contributed by atoms with Crippen LogP contribution in [0.3, 0.4) is 0 Å². The molecule has 2 aliphatic rings. The highest BCUT2D eigenvalue weighted by Crippen LogP contribution is 2.29. The Balaban J connectivity index is 0.000000396. The van der Waals surface area contributed by atoms with Crippen LogP contribution in [-0.2, 0) is 4.79 Å². The second-order valence-corrected chi connectivity index (χ2v) is 3.46. The van der Waals surface area contributed by atoms with E-state index in [1.54, 1.807) is 0 Å². The molecule has 1 saturated heterocycles. The lowest BCUT2D eigenvalue weighted by Gasteiger charge is -2.27. The standard InChI is InChI=1S/C8H14N2O.C2H6/c11-8-5-9-3-4-10(8)6-7-1-2-7;1-2/h7,9H,1-6H2;1-2H3. The van der Waals surface area contributed by atoms with Gasteiger partial charge in [-0.3, -0.25) is 4.79 Å². The van der Waals surface area contributed by atoms with E-state index < -0.39 is 0 Å². The number of piperazine rings is 1. The molecule has 3 heteroatoms. The molecule has 3 nitrogen and oxygen atoms in total. The van der Waals surface area contributed by atoms with E-state index in [2.05, 4.69) is 5.32 Å². The first-order valence-electron chi connectivity index (χ1n) is 5.35. The Bertz CT molecular complexity index is 166. The average Bonchev–Trinajstić information content (AvgIpc) is 2.96. The fourth-order valence-electron chi connectivity index (χ4n) is 1.45. The number of nitrogens with zero attached hydrogens (tertiary/aromatic N) is 1. The van der Waals surface area contributed by atoms with Crippen molar-refractivity contribution in [3.63, 3.8) is 0 Å². The minimum atomic E-state index is 0.281. The summed E-state index contributed by atoms with van der Waals surface area (Å²) in [5.41, 5.74) is 0. The lowest BCUT2D eigenvalue weighted by molar-refractivity contribution is -0.132. The first-order chi connectivity index (χ1) is 6.36. The van der Waals surface area contributed by atoms with Crippen LogP contribution < -0.4 is 5.32 Å². The average molecular weight is 184 g/mol.